The maximum atomic E-state index is 13.0. The summed E-state index contributed by atoms with van der Waals surface area (Å²) in [4.78, 5) is 13.0. The molecule has 1 heterocycles. The Bertz CT molecular complexity index is 904. The van der Waals surface area contributed by atoms with Gasteiger partial charge < -0.3 is 40.3 Å². The minimum absolute atomic E-state index is 0.173. The van der Waals surface area contributed by atoms with Crippen LogP contribution in [0, 0.1) is 0 Å². The zero-order chi connectivity index (χ0) is 41.6. The summed E-state index contributed by atoms with van der Waals surface area (Å²) in [6, 6.07) is -0.798. The lowest BCUT2D eigenvalue weighted by molar-refractivity contribution is -0.302. The molecule has 1 rings (SSSR count). The van der Waals surface area contributed by atoms with Gasteiger partial charge in [0, 0.05) is 6.42 Å². The van der Waals surface area contributed by atoms with Crippen molar-refractivity contribution in [2.24, 2.45) is 0 Å². The Morgan fingerprint density at radius 3 is 1.37 bits per heavy atom. The molecule has 57 heavy (non-hydrogen) atoms. The normalized spacial score (nSPS) is 21.0. The van der Waals surface area contributed by atoms with Gasteiger partial charge in [-0.05, 0) is 19.3 Å². The maximum absolute atomic E-state index is 13.0. The molecule has 1 fully saturated rings. The number of allylic oxidation sites excluding steroid dienone is 1. The first-order chi connectivity index (χ1) is 27.8. The quantitative estimate of drug-likeness (QED) is 0.0264. The highest BCUT2D eigenvalue weighted by atomic mass is 16.7. The molecule has 0 radical (unpaired) electrons. The number of carbonyl (C=O) groups excluding carboxylic acids is 1. The zero-order valence-corrected chi connectivity index (χ0v) is 37.1. The summed E-state index contributed by atoms with van der Waals surface area (Å²) < 4.78 is 11.2. The fourth-order valence-electron chi connectivity index (χ4n) is 7.92. The number of carbonyl (C=O) groups is 1. The molecule has 6 N–H and O–H groups in total. The van der Waals surface area contributed by atoms with Crippen molar-refractivity contribution in [2.75, 3.05) is 13.2 Å². The average molecular weight is 812 g/mol. The van der Waals surface area contributed by atoms with Crippen LogP contribution in [0.25, 0.3) is 0 Å². The van der Waals surface area contributed by atoms with Crippen molar-refractivity contribution >= 4 is 5.91 Å². The third-order valence-electron chi connectivity index (χ3n) is 11.9. The lowest BCUT2D eigenvalue weighted by Crippen LogP contribution is -2.60. The Kier molecular flexibility index (Phi) is 37.0. The number of aliphatic hydroxyl groups excluding tert-OH is 5. The molecule has 0 spiro atoms. The predicted molar refractivity (Wildman–Crippen MR) is 235 cm³/mol. The van der Waals surface area contributed by atoms with Crippen LogP contribution < -0.4 is 5.32 Å². The van der Waals surface area contributed by atoms with E-state index in [2.05, 4.69) is 19.2 Å². The minimum atomic E-state index is -1.56. The Morgan fingerprint density at radius 1 is 0.579 bits per heavy atom. The topological polar surface area (TPSA) is 149 Å². The highest BCUT2D eigenvalue weighted by molar-refractivity contribution is 5.76. The highest BCUT2D eigenvalue weighted by Crippen LogP contribution is 2.23. The van der Waals surface area contributed by atoms with E-state index in [0.717, 1.165) is 38.5 Å². The first-order valence-corrected chi connectivity index (χ1v) is 24.4. The van der Waals surface area contributed by atoms with Crippen LogP contribution in [0.15, 0.2) is 12.2 Å². The third-order valence-corrected chi connectivity index (χ3v) is 11.9. The largest absolute Gasteiger partial charge is 0.394 e. The SMILES string of the molecule is CCCCCCCCCCCCCCC/C=C/[C@@H](O)[C@H](CO[C@@H]1O[C@H](CO)[C@H](O)C(O)C1O)NC(=O)CCCCCCCCCCCCCCCCCCCCC. The second-order valence-electron chi connectivity index (χ2n) is 17.3. The number of hydrogen-bond acceptors (Lipinski definition) is 8. The summed E-state index contributed by atoms with van der Waals surface area (Å²) in [6.45, 7) is 3.79. The summed E-state index contributed by atoms with van der Waals surface area (Å²) in [6.07, 6.45) is 38.2. The molecule has 2 unspecified atom stereocenters. The van der Waals surface area contributed by atoms with Gasteiger partial charge in [0.2, 0.25) is 5.91 Å². The molecule has 1 saturated heterocycles. The van der Waals surface area contributed by atoms with Crippen LogP contribution in [0.5, 0.6) is 0 Å². The van der Waals surface area contributed by atoms with E-state index in [1.165, 1.54) is 173 Å². The van der Waals surface area contributed by atoms with E-state index in [1.807, 2.05) is 6.08 Å². The second kappa shape index (κ2) is 39.1. The summed E-state index contributed by atoms with van der Waals surface area (Å²) in [7, 11) is 0. The van der Waals surface area contributed by atoms with Crippen LogP contribution in [0.3, 0.4) is 0 Å². The molecule has 0 aliphatic carbocycles. The Labute approximate surface area is 350 Å². The van der Waals surface area contributed by atoms with Crippen LogP contribution >= 0.6 is 0 Å². The monoisotopic (exact) mass is 812 g/mol. The van der Waals surface area contributed by atoms with Crippen molar-refractivity contribution in [1.82, 2.24) is 5.32 Å². The Hall–Kier alpha value is -1.07. The van der Waals surface area contributed by atoms with E-state index in [0.29, 0.717) is 6.42 Å². The molecule has 7 atom stereocenters. The van der Waals surface area contributed by atoms with Gasteiger partial charge in [0.15, 0.2) is 6.29 Å². The third kappa shape index (κ3) is 29.7. The molecule has 9 heteroatoms. The van der Waals surface area contributed by atoms with Gasteiger partial charge in [-0.1, -0.05) is 219 Å². The standard InChI is InChI=1S/C48H93NO8/c1-3-5-7-9-11-13-15-17-19-20-21-22-24-26-28-30-32-34-36-38-44(52)49-41(40-56-48-47(55)46(54)45(53)43(39-50)57-48)42(51)37-35-33-31-29-27-25-23-18-16-14-12-10-8-6-4-2/h35,37,41-43,45-48,50-51,53-55H,3-34,36,38-40H2,1-2H3,(H,49,52)/b37-35+/t41-,42+,43+,45-,46?,47?,48+/m0/s1. The number of unbranched alkanes of at least 4 members (excludes halogenated alkanes) is 31. The van der Waals surface area contributed by atoms with Crippen molar-refractivity contribution in [3.8, 4) is 0 Å². The lowest BCUT2D eigenvalue weighted by atomic mass is 9.99. The summed E-state index contributed by atoms with van der Waals surface area (Å²) >= 11 is 0. The van der Waals surface area contributed by atoms with Gasteiger partial charge in [-0.15, -0.1) is 0 Å². The molecular formula is C48H93NO8. The minimum Gasteiger partial charge on any atom is -0.394 e. The van der Waals surface area contributed by atoms with Crippen LogP contribution in [0.1, 0.15) is 232 Å². The number of rotatable bonds is 41. The first-order valence-electron chi connectivity index (χ1n) is 24.4. The molecule has 1 aliphatic heterocycles. The molecule has 1 aliphatic rings. The fraction of sp³-hybridized carbons (Fsp3) is 0.938. The first kappa shape index (κ1) is 53.9. The zero-order valence-electron chi connectivity index (χ0n) is 37.1. The molecule has 0 aromatic heterocycles. The van der Waals surface area contributed by atoms with Crippen LogP contribution in [0.2, 0.25) is 0 Å². The van der Waals surface area contributed by atoms with E-state index in [9.17, 15) is 30.3 Å². The number of amides is 1. The highest BCUT2D eigenvalue weighted by Gasteiger charge is 2.44. The summed E-state index contributed by atoms with van der Waals surface area (Å²) in [5, 5.41) is 54.2. The fourth-order valence-corrected chi connectivity index (χ4v) is 7.92. The van der Waals surface area contributed by atoms with Crippen molar-refractivity contribution in [3.63, 3.8) is 0 Å². The van der Waals surface area contributed by atoms with Crippen LogP contribution in [0.4, 0.5) is 0 Å². The van der Waals surface area contributed by atoms with Gasteiger partial charge in [0.1, 0.15) is 24.4 Å². The molecular weight excluding hydrogens is 719 g/mol. The Balaban J connectivity index is 2.31. The number of ether oxygens (including phenoxy) is 2. The molecule has 338 valence electrons. The van der Waals surface area contributed by atoms with E-state index < -0.39 is 49.5 Å². The number of aliphatic hydroxyl groups is 5. The van der Waals surface area contributed by atoms with Gasteiger partial charge >= 0.3 is 0 Å². The maximum Gasteiger partial charge on any atom is 0.220 e. The van der Waals surface area contributed by atoms with Crippen molar-refractivity contribution in [1.29, 1.82) is 0 Å². The smallest absolute Gasteiger partial charge is 0.220 e. The molecule has 0 bridgehead atoms. The van der Waals surface area contributed by atoms with Crippen molar-refractivity contribution in [3.05, 3.63) is 12.2 Å². The number of hydrogen-bond donors (Lipinski definition) is 6. The van der Waals surface area contributed by atoms with Gasteiger partial charge in [0.05, 0.1) is 25.4 Å². The number of nitrogens with one attached hydrogen (secondary N) is 1. The Morgan fingerprint density at radius 2 is 0.965 bits per heavy atom. The predicted octanol–water partition coefficient (Wildman–Crippen LogP) is 10.5. The van der Waals surface area contributed by atoms with Gasteiger partial charge in [-0.2, -0.15) is 0 Å². The van der Waals surface area contributed by atoms with Crippen molar-refractivity contribution in [2.45, 2.75) is 275 Å². The van der Waals surface area contributed by atoms with Crippen LogP contribution in [-0.2, 0) is 14.3 Å². The van der Waals surface area contributed by atoms with E-state index in [4.69, 9.17) is 9.47 Å². The average Bonchev–Trinajstić information content (AvgIpc) is 3.21. The molecule has 9 nitrogen and oxygen atoms in total. The van der Waals surface area contributed by atoms with E-state index in [1.54, 1.807) is 6.08 Å². The van der Waals surface area contributed by atoms with Crippen molar-refractivity contribution < 1.29 is 39.8 Å². The van der Waals surface area contributed by atoms with E-state index in [-0.39, 0.29) is 12.5 Å². The van der Waals surface area contributed by atoms with Gasteiger partial charge in [0.25, 0.3) is 0 Å². The molecule has 0 aromatic rings. The van der Waals surface area contributed by atoms with Gasteiger partial charge in [-0.25, -0.2) is 0 Å². The second-order valence-corrected chi connectivity index (χ2v) is 17.3. The molecule has 0 saturated carbocycles. The summed E-state index contributed by atoms with van der Waals surface area (Å²) in [5.74, 6) is -0.173. The molecule has 1 amide bonds. The lowest BCUT2D eigenvalue weighted by Gasteiger charge is -2.40. The molecule has 0 aromatic carbocycles. The summed E-state index contributed by atoms with van der Waals surface area (Å²) in [5.41, 5.74) is 0. The van der Waals surface area contributed by atoms with E-state index >= 15 is 0 Å². The van der Waals surface area contributed by atoms with Gasteiger partial charge in [-0.3, -0.25) is 4.79 Å². The van der Waals surface area contributed by atoms with Crippen LogP contribution in [-0.4, -0.2) is 87.5 Å².